The summed E-state index contributed by atoms with van der Waals surface area (Å²) in [5.74, 6) is -0.321. The molecular formula is C16H23N5O4S2. The van der Waals surface area contributed by atoms with Crippen molar-refractivity contribution >= 4 is 33.4 Å². The van der Waals surface area contributed by atoms with Gasteiger partial charge in [0, 0.05) is 26.3 Å². The Morgan fingerprint density at radius 1 is 1.41 bits per heavy atom. The van der Waals surface area contributed by atoms with Crippen molar-refractivity contribution in [3.05, 3.63) is 34.7 Å². The summed E-state index contributed by atoms with van der Waals surface area (Å²) in [4.78, 5) is 24.3. The lowest BCUT2D eigenvalue weighted by atomic mass is 10.3. The Bertz CT molecular complexity index is 965. The summed E-state index contributed by atoms with van der Waals surface area (Å²) in [5, 5.41) is 8.94. The summed E-state index contributed by atoms with van der Waals surface area (Å²) in [7, 11) is -0.702. The minimum atomic E-state index is -3.59. The highest BCUT2D eigenvalue weighted by molar-refractivity contribution is 8.00. The number of rotatable bonds is 8. The zero-order valence-electron chi connectivity index (χ0n) is 15.6. The number of sulfonamides is 1. The molecule has 0 saturated carbocycles. The van der Waals surface area contributed by atoms with Crippen molar-refractivity contribution in [2.75, 3.05) is 19.4 Å². The first-order chi connectivity index (χ1) is 12.7. The number of aromatic nitrogens is 3. The molecule has 27 heavy (non-hydrogen) atoms. The fourth-order valence-electron chi connectivity index (χ4n) is 2.21. The van der Waals surface area contributed by atoms with Crippen LogP contribution in [-0.4, -0.2) is 52.7 Å². The number of carbonyl (C=O) groups is 1. The Balaban J connectivity index is 2.12. The Morgan fingerprint density at radius 3 is 2.74 bits per heavy atom. The largest absolute Gasteiger partial charge is 0.343 e. The molecule has 0 aliphatic heterocycles. The molecule has 2 rings (SSSR count). The van der Waals surface area contributed by atoms with Gasteiger partial charge in [-0.2, -0.15) is 0 Å². The van der Waals surface area contributed by atoms with Gasteiger partial charge in [0.15, 0.2) is 5.16 Å². The van der Waals surface area contributed by atoms with Crippen molar-refractivity contribution in [3.8, 4) is 0 Å². The molecule has 0 fully saturated rings. The van der Waals surface area contributed by atoms with Crippen LogP contribution >= 0.6 is 11.8 Å². The molecule has 2 N–H and O–H groups in total. The van der Waals surface area contributed by atoms with E-state index >= 15 is 0 Å². The molecule has 1 atom stereocenters. The number of benzene rings is 1. The van der Waals surface area contributed by atoms with E-state index in [1.54, 1.807) is 19.1 Å². The first-order valence-corrected chi connectivity index (χ1v) is 10.6. The molecule has 148 valence electrons. The quantitative estimate of drug-likeness (QED) is 0.631. The zero-order chi connectivity index (χ0) is 20.2. The number of aromatic amines is 1. The third-order valence-electron chi connectivity index (χ3n) is 3.70. The van der Waals surface area contributed by atoms with E-state index in [0.717, 1.165) is 22.5 Å². The van der Waals surface area contributed by atoms with Gasteiger partial charge in [-0.1, -0.05) is 24.8 Å². The zero-order valence-corrected chi connectivity index (χ0v) is 17.2. The molecule has 9 nitrogen and oxygen atoms in total. The number of nitrogens with zero attached hydrogens (tertiary/aromatic N) is 3. The highest BCUT2D eigenvalue weighted by Crippen LogP contribution is 2.23. The smallest absolute Gasteiger partial charge is 0.325 e. The van der Waals surface area contributed by atoms with Crippen LogP contribution in [0.25, 0.3) is 0 Å². The average molecular weight is 414 g/mol. The molecule has 1 amide bonds. The Labute approximate surface area is 162 Å². The summed E-state index contributed by atoms with van der Waals surface area (Å²) >= 11 is 1.16. The van der Waals surface area contributed by atoms with Crippen LogP contribution in [-0.2, 0) is 21.4 Å². The van der Waals surface area contributed by atoms with Gasteiger partial charge in [-0.3, -0.25) is 9.36 Å². The number of amides is 1. The normalized spacial score (nSPS) is 12.9. The monoisotopic (exact) mass is 413 g/mol. The van der Waals surface area contributed by atoms with Crippen molar-refractivity contribution < 1.29 is 13.2 Å². The van der Waals surface area contributed by atoms with Crippen molar-refractivity contribution in [2.24, 2.45) is 0 Å². The highest BCUT2D eigenvalue weighted by atomic mass is 32.2. The van der Waals surface area contributed by atoms with E-state index in [1.807, 2.05) is 6.92 Å². The SMILES string of the molecule is CCCn1c(S[C@@H](C)C(=O)Nc2cccc(S(=O)(=O)N(C)C)c2)n[nH]c1=O. The molecule has 2 aromatic rings. The first kappa shape index (κ1) is 21.2. The third kappa shape index (κ3) is 4.99. The lowest BCUT2D eigenvalue weighted by molar-refractivity contribution is -0.115. The summed E-state index contributed by atoms with van der Waals surface area (Å²) in [6, 6.07) is 6.06. The Kier molecular flexibility index (Phi) is 6.84. The maximum Gasteiger partial charge on any atom is 0.343 e. The summed E-state index contributed by atoms with van der Waals surface area (Å²) in [6.07, 6.45) is 0.765. The number of H-pyrrole nitrogens is 1. The molecule has 0 saturated heterocycles. The molecule has 0 aliphatic carbocycles. The van der Waals surface area contributed by atoms with Crippen LogP contribution in [0.2, 0.25) is 0 Å². The predicted octanol–water partition coefficient (Wildman–Crippen LogP) is 1.35. The van der Waals surface area contributed by atoms with Gasteiger partial charge in [-0.05, 0) is 31.5 Å². The van der Waals surface area contributed by atoms with Crippen molar-refractivity contribution in [1.29, 1.82) is 0 Å². The minimum absolute atomic E-state index is 0.0923. The molecule has 0 bridgehead atoms. The van der Waals surface area contributed by atoms with Crippen LogP contribution in [0, 0.1) is 0 Å². The van der Waals surface area contributed by atoms with E-state index < -0.39 is 15.3 Å². The summed E-state index contributed by atoms with van der Waals surface area (Å²) < 4.78 is 27.0. The Morgan fingerprint density at radius 2 is 2.11 bits per heavy atom. The van der Waals surface area contributed by atoms with E-state index in [9.17, 15) is 18.0 Å². The maximum absolute atomic E-state index is 12.5. The fraction of sp³-hybridized carbons (Fsp3) is 0.438. The van der Waals surface area contributed by atoms with Gasteiger partial charge < -0.3 is 5.32 Å². The standard InChI is InChI=1S/C16H23N5O4S2/c1-5-9-21-15(23)18-19-16(21)26-11(2)14(22)17-12-7-6-8-13(10-12)27(24,25)20(3)4/h6-8,10-11H,5,9H2,1-4H3,(H,17,22)(H,18,23)/t11-/m0/s1. The molecular weight excluding hydrogens is 390 g/mol. The predicted molar refractivity (Wildman–Crippen MR) is 104 cm³/mol. The van der Waals surface area contributed by atoms with E-state index in [1.165, 1.54) is 30.8 Å². The van der Waals surface area contributed by atoms with Gasteiger partial charge in [0.05, 0.1) is 10.1 Å². The minimum Gasteiger partial charge on any atom is -0.325 e. The fourth-order valence-corrected chi connectivity index (χ4v) is 4.04. The van der Waals surface area contributed by atoms with Gasteiger partial charge in [0.2, 0.25) is 15.9 Å². The van der Waals surface area contributed by atoms with Crippen LogP contribution in [0.3, 0.4) is 0 Å². The lowest BCUT2D eigenvalue weighted by Crippen LogP contribution is -2.25. The van der Waals surface area contributed by atoms with Gasteiger partial charge in [0.25, 0.3) is 0 Å². The number of nitrogens with one attached hydrogen (secondary N) is 2. The third-order valence-corrected chi connectivity index (χ3v) is 6.60. The first-order valence-electron chi connectivity index (χ1n) is 8.32. The molecule has 0 radical (unpaired) electrons. The molecule has 1 heterocycles. The van der Waals surface area contributed by atoms with Crippen LogP contribution in [0.15, 0.2) is 39.1 Å². The van der Waals surface area contributed by atoms with Gasteiger partial charge in [-0.15, -0.1) is 5.10 Å². The molecule has 1 aromatic heterocycles. The van der Waals surface area contributed by atoms with Crippen LogP contribution < -0.4 is 11.0 Å². The number of thioether (sulfide) groups is 1. The lowest BCUT2D eigenvalue weighted by Gasteiger charge is -2.14. The number of hydrogen-bond donors (Lipinski definition) is 2. The number of hydrogen-bond acceptors (Lipinski definition) is 6. The average Bonchev–Trinajstić information content (AvgIpc) is 2.95. The van der Waals surface area contributed by atoms with Crippen molar-refractivity contribution in [2.45, 2.75) is 42.1 Å². The van der Waals surface area contributed by atoms with E-state index in [-0.39, 0.29) is 16.5 Å². The van der Waals surface area contributed by atoms with Gasteiger partial charge in [-0.25, -0.2) is 22.6 Å². The molecule has 0 spiro atoms. The van der Waals surface area contributed by atoms with Crippen LogP contribution in [0.1, 0.15) is 20.3 Å². The molecule has 0 unspecified atom stereocenters. The van der Waals surface area contributed by atoms with Crippen molar-refractivity contribution in [1.82, 2.24) is 19.1 Å². The van der Waals surface area contributed by atoms with E-state index in [2.05, 4.69) is 15.5 Å². The number of anilines is 1. The van der Waals surface area contributed by atoms with E-state index in [0.29, 0.717) is 17.4 Å². The summed E-state index contributed by atoms with van der Waals surface area (Å²) in [5.41, 5.74) is 0.0666. The molecule has 0 aliphatic rings. The molecule has 11 heteroatoms. The van der Waals surface area contributed by atoms with Crippen LogP contribution in [0.5, 0.6) is 0 Å². The second-order valence-corrected chi connectivity index (χ2v) is 9.49. The second-order valence-electron chi connectivity index (χ2n) is 6.03. The van der Waals surface area contributed by atoms with Crippen molar-refractivity contribution in [3.63, 3.8) is 0 Å². The molecule has 1 aromatic carbocycles. The Hall–Kier alpha value is -2.11. The topological polar surface area (TPSA) is 117 Å². The maximum atomic E-state index is 12.5. The van der Waals surface area contributed by atoms with Gasteiger partial charge >= 0.3 is 5.69 Å². The highest BCUT2D eigenvalue weighted by Gasteiger charge is 2.21. The van der Waals surface area contributed by atoms with E-state index in [4.69, 9.17) is 0 Å². The summed E-state index contributed by atoms with van der Waals surface area (Å²) in [6.45, 7) is 4.14. The second kappa shape index (κ2) is 8.72. The number of carbonyl (C=O) groups excluding carboxylic acids is 1. The van der Waals surface area contributed by atoms with Crippen LogP contribution in [0.4, 0.5) is 5.69 Å². The van der Waals surface area contributed by atoms with Gasteiger partial charge in [0.1, 0.15) is 0 Å².